The van der Waals surface area contributed by atoms with Gasteiger partial charge in [0.1, 0.15) is 5.82 Å². The lowest BCUT2D eigenvalue weighted by Gasteiger charge is -2.39. The van der Waals surface area contributed by atoms with Crippen LogP contribution in [0.2, 0.25) is 0 Å². The molecular weight excluding hydrogens is 355 g/mol. The maximum Gasteiger partial charge on any atom is 0.126 e. The smallest absolute Gasteiger partial charge is 0.126 e. The second-order valence-corrected chi connectivity index (χ2v) is 10.1. The highest BCUT2D eigenvalue weighted by molar-refractivity contribution is 5.28. The van der Waals surface area contributed by atoms with E-state index in [1.165, 1.54) is 102 Å². The number of unbranched alkanes of at least 4 members (excludes halogenated alkanes) is 2. The molecule has 1 aromatic rings. The summed E-state index contributed by atoms with van der Waals surface area (Å²) in [4.78, 5) is 0. The molecule has 0 heterocycles. The Morgan fingerprint density at radius 3 is 2.52 bits per heavy atom. The van der Waals surface area contributed by atoms with Crippen molar-refractivity contribution in [2.45, 2.75) is 122 Å². The Hall–Kier alpha value is -1.11. The van der Waals surface area contributed by atoms with Crippen molar-refractivity contribution >= 4 is 0 Å². The molecule has 0 nitrogen and oxygen atoms in total. The van der Waals surface area contributed by atoms with Crippen LogP contribution in [0.25, 0.3) is 0 Å². The minimum Gasteiger partial charge on any atom is -0.207 e. The molecule has 0 radical (unpaired) electrons. The number of benzene rings is 1. The van der Waals surface area contributed by atoms with Crippen molar-refractivity contribution in [3.8, 4) is 0 Å². The Labute approximate surface area is 179 Å². The molecule has 2 aliphatic rings. The predicted octanol–water partition coefficient (Wildman–Crippen LogP) is 9.42. The molecule has 1 aromatic carbocycles. The number of hydrogen-bond donors (Lipinski definition) is 0. The summed E-state index contributed by atoms with van der Waals surface area (Å²) in [5, 5.41) is 0. The molecule has 1 unspecified atom stereocenters. The molecule has 1 heteroatoms. The second-order valence-electron chi connectivity index (χ2n) is 10.1. The third-order valence-electron chi connectivity index (χ3n) is 7.81. The van der Waals surface area contributed by atoms with Crippen LogP contribution in [0.15, 0.2) is 29.8 Å². The SMILES string of the molecule is CCCCCC1(CCC(CC2=CCCCC2)c2ccc(C)c(F)c2)CCCCC1. The van der Waals surface area contributed by atoms with Crippen molar-refractivity contribution < 1.29 is 4.39 Å². The zero-order valence-corrected chi connectivity index (χ0v) is 19.1. The Kier molecular flexibility index (Phi) is 8.82. The van der Waals surface area contributed by atoms with E-state index in [2.05, 4.69) is 19.1 Å². The van der Waals surface area contributed by atoms with E-state index in [0.717, 1.165) is 12.0 Å². The summed E-state index contributed by atoms with van der Waals surface area (Å²) in [7, 11) is 0. The van der Waals surface area contributed by atoms with Gasteiger partial charge in [-0.2, -0.15) is 0 Å². The average Bonchev–Trinajstić information content (AvgIpc) is 2.75. The zero-order chi connectivity index (χ0) is 20.5. The van der Waals surface area contributed by atoms with Gasteiger partial charge < -0.3 is 0 Å². The van der Waals surface area contributed by atoms with Gasteiger partial charge >= 0.3 is 0 Å². The summed E-state index contributed by atoms with van der Waals surface area (Å²) in [6, 6.07) is 6.04. The van der Waals surface area contributed by atoms with Crippen molar-refractivity contribution in [3.63, 3.8) is 0 Å². The van der Waals surface area contributed by atoms with Crippen molar-refractivity contribution in [3.05, 3.63) is 46.8 Å². The van der Waals surface area contributed by atoms with Crippen LogP contribution >= 0.6 is 0 Å². The Morgan fingerprint density at radius 2 is 1.83 bits per heavy atom. The molecule has 0 amide bonds. The van der Waals surface area contributed by atoms with Crippen LogP contribution in [-0.2, 0) is 0 Å². The molecule has 29 heavy (non-hydrogen) atoms. The normalized spacial score (nSPS) is 20.3. The summed E-state index contributed by atoms with van der Waals surface area (Å²) in [5.41, 5.74) is 4.20. The largest absolute Gasteiger partial charge is 0.207 e. The first-order valence-corrected chi connectivity index (χ1v) is 12.6. The minimum atomic E-state index is -0.0274. The first kappa shape index (κ1) is 22.6. The molecule has 162 valence electrons. The van der Waals surface area contributed by atoms with E-state index in [-0.39, 0.29) is 5.82 Å². The first-order valence-electron chi connectivity index (χ1n) is 12.6. The standard InChI is InChI=1S/C28H43F/c1-3-4-9-17-28(18-10-6-11-19-28)20-16-26(21-24-12-7-5-8-13-24)25-15-14-23(2)27(29)22-25/h12,14-15,22,26H,3-11,13,16-21H2,1-2H3. The quantitative estimate of drug-likeness (QED) is 0.272. The molecule has 0 spiro atoms. The second kappa shape index (κ2) is 11.3. The van der Waals surface area contributed by atoms with E-state index >= 15 is 0 Å². The molecule has 0 aromatic heterocycles. The maximum absolute atomic E-state index is 14.4. The lowest BCUT2D eigenvalue weighted by molar-refractivity contribution is 0.144. The molecule has 2 aliphatic carbocycles. The van der Waals surface area contributed by atoms with Gasteiger partial charge in [-0.1, -0.05) is 69.2 Å². The van der Waals surface area contributed by atoms with Gasteiger partial charge in [0.2, 0.25) is 0 Å². The molecular formula is C28H43F. The van der Waals surface area contributed by atoms with Crippen LogP contribution < -0.4 is 0 Å². The molecule has 1 atom stereocenters. The van der Waals surface area contributed by atoms with Crippen molar-refractivity contribution in [1.29, 1.82) is 0 Å². The highest BCUT2D eigenvalue weighted by atomic mass is 19.1. The van der Waals surface area contributed by atoms with E-state index in [1.807, 2.05) is 19.1 Å². The van der Waals surface area contributed by atoms with Crippen LogP contribution in [0.4, 0.5) is 4.39 Å². The number of halogens is 1. The lowest BCUT2D eigenvalue weighted by atomic mass is 9.66. The monoisotopic (exact) mass is 398 g/mol. The van der Waals surface area contributed by atoms with Crippen LogP contribution in [0.1, 0.15) is 127 Å². The first-order chi connectivity index (χ1) is 14.1. The predicted molar refractivity (Wildman–Crippen MR) is 124 cm³/mol. The molecule has 1 saturated carbocycles. The van der Waals surface area contributed by atoms with Crippen LogP contribution in [0.3, 0.4) is 0 Å². The number of allylic oxidation sites excluding steroid dienone is 2. The summed E-state index contributed by atoms with van der Waals surface area (Å²) < 4.78 is 14.4. The van der Waals surface area contributed by atoms with Crippen LogP contribution in [0, 0.1) is 18.2 Å². The van der Waals surface area contributed by atoms with E-state index in [0.29, 0.717) is 11.3 Å². The van der Waals surface area contributed by atoms with Gasteiger partial charge in [0.25, 0.3) is 0 Å². The molecule has 0 bridgehead atoms. The molecule has 1 fully saturated rings. The van der Waals surface area contributed by atoms with E-state index in [4.69, 9.17) is 0 Å². The number of aryl methyl sites for hydroxylation is 1. The Balaban J connectivity index is 1.73. The average molecular weight is 399 g/mol. The van der Waals surface area contributed by atoms with Gasteiger partial charge in [-0.3, -0.25) is 0 Å². The summed E-state index contributed by atoms with van der Waals surface area (Å²) in [5.74, 6) is 0.458. The van der Waals surface area contributed by atoms with Crippen LogP contribution in [-0.4, -0.2) is 0 Å². The Morgan fingerprint density at radius 1 is 1.00 bits per heavy atom. The highest BCUT2D eigenvalue weighted by Crippen LogP contribution is 2.46. The molecule has 0 N–H and O–H groups in total. The van der Waals surface area contributed by atoms with Crippen LogP contribution in [0.5, 0.6) is 0 Å². The van der Waals surface area contributed by atoms with E-state index < -0.39 is 0 Å². The third kappa shape index (κ3) is 6.69. The van der Waals surface area contributed by atoms with Gasteiger partial charge in [0.15, 0.2) is 0 Å². The number of hydrogen-bond acceptors (Lipinski definition) is 0. The van der Waals surface area contributed by atoms with Crippen molar-refractivity contribution in [2.24, 2.45) is 5.41 Å². The fraction of sp³-hybridized carbons (Fsp3) is 0.714. The Bertz CT molecular complexity index is 650. The minimum absolute atomic E-state index is 0.0274. The fourth-order valence-corrected chi connectivity index (χ4v) is 5.81. The topological polar surface area (TPSA) is 0 Å². The van der Waals surface area contributed by atoms with Gasteiger partial charge in [-0.15, -0.1) is 0 Å². The summed E-state index contributed by atoms with van der Waals surface area (Å²) in [6.07, 6.45) is 24.0. The van der Waals surface area contributed by atoms with Gasteiger partial charge in [0.05, 0.1) is 0 Å². The molecule has 0 saturated heterocycles. The molecule has 0 aliphatic heterocycles. The summed E-state index contributed by atoms with van der Waals surface area (Å²) in [6.45, 7) is 4.19. The fourth-order valence-electron chi connectivity index (χ4n) is 5.81. The van der Waals surface area contributed by atoms with Gasteiger partial charge in [-0.25, -0.2) is 4.39 Å². The van der Waals surface area contributed by atoms with Gasteiger partial charge in [-0.05, 0) is 99.7 Å². The van der Waals surface area contributed by atoms with Crippen molar-refractivity contribution in [2.75, 3.05) is 0 Å². The summed E-state index contributed by atoms with van der Waals surface area (Å²) >= 11 is 0. The van der Waals surface area contributed by atoms with E-state index in [9.17, 15) is 4.39 Å². The zero-order valence-electron chi connectivity index (χ0n) is 19.1. The molecule has 3 rings (SSSR count). The maximum atomic E-state index is 14.4. The van der Waals surface area contributed by atoms with E-state index in [1.54, 1.807) is 5.57 Å². The number of rotatable bonds is 10. The lowest BCUT2D eigenvalue weighted by Crippen LogP contribution is -2.25. The van der Waals surface area contributed by atoms with Gasteiger partial charge in [0, 0.05) is 0 Å². The highest BCUT2D eigenvalue weighted by Gasteiger charge is 2.32. The third-order valence-corrected chi connectivity index (χ3v) is 7.81. The van der Waals surface area contributed by atoms with Crippen molar-refractivity contribution in [1.82, 2.24) is 0 Å².